The number of aromatic nitrogens is 2. The highest BCUT2D eigenvalue weighted by molar-refractivity contribution is 6.36. The van der Waals surface area contributed by atoms with Gasteiger partial charge in [0.2, 0.25) is 0 Å². The van der Waals surface area contributed by atoms with Gasteiger partial charge in [-0.1, -0.05) is 35.9 Å². The molecule has 3 heterocycles. The Morgan fingerprint density at radius 3 is 2.74 bits per heavy atom. The molecule has 7 heteroatoms. The summed E-state index contributed by atoms with van der Waals surface area (Å²) in [5, 5.41) is 6.57. The highest BCUT2D eigenvalue weighted by Crippen LogP contribution is 2.37. The van der Waals surface area contributed by atoms with Crippen LogP contribution in [0.4, 0.5) is 11.5 Å². The van der Waals surface area contributed by atoms with Gasteiger partial charge in [-0.05, 0) is 37.3 Å². The van der Waals surface area contributed by atoms with Crippen LogP contribution in [0.5, 0.6) is 6.01 Å². The second-order valence-electron chi connectivity index (χ2n) is 8.56. The smallest absolute Gasteiger partial charge is 0.318 e. The van der Waals surface area contributed by atoms with E-state index in [1.54, 1.807) is 7.11 Å². The van der Waals surface area contributed by atoms with Gasteiger partial charge in [-0.15, -0.1) is 0 Å². The number of hydrogen-bond acceptors (Lipinski definition) is 6. The average Bonchev–Trinajstić information content (AvgIpc) is 3.23. The second kappa shape index (κ2) is 8.17. The fourth-order valence-electron chi connectivity index (χ4n) is 4.90. The number of methoxy groups -OCH3 is 1. The molecule has 0 unspecified atom stereocenters. The third kappa shape index (κ3) is 3.68. The van der Waals surface area contributed by atoms with Crippen molar-refractivity contribution in [1.82, 2.24) is 15.3 Å². The van der Waals surface area contributed by atoms with Crippen LogP contribution in [0.3, 0.4) is 0 Å². The first-order chi connectivity index (χ1) is 15.0. The Balaban J connectivity index is 1.52. The first-order valence-corrected chi connectivity index (χ1v) is 11.2. The van der Waals surface area contributed by atoms with E-state index in [0.29, 0.717) is 24.6 Å². The van der Waals surface area contributed by atoms with E-state index in [1.165, 1.54) is 5.56 Å². The van der Waals surface area contributed by atoms with Crippen molar-refractivity contribution in [3.8, 4) is 6.01 Å². The number of ether oxygens (including phenoxy) is 1. The van der Waals surface area contributed by atoms with Crippen LogP contribution in [0.15, 0.2) is 36.4 Å². The van der Waals surface area contributed by atoms with Crippen LogP contribution >= 0.6 is 11.6 Å². The molecule has 2 aliphatic rings. The van der Waals surface area contributed by atoms with Crippen LogP contribution in [-0.2, 0) is 13.0 Å². The highest BCUT2D eigenvalue weighted by atomic mass is 35.5. The molecule has 3 aromatic rings. The first kappa shape index (κ1) is 20.3. The Labute approximate surface area is 188 Å². The Bertz CT molecular complexity index is 1120. The largest absolute Gasteiger partial charge is 0.467 e. The number of hydrogen-bond donors (Lipinski definition) is 1. The van der Waals surface area contributed by atoms with Crippen LogP contribution < -0.4 is 19.9 Å². The van der Waals surface area contributed by atoms with E-state index in [4.69, 9.17) is 26.3 Å². The van der Waals surface area contributed by atoms with Crippen molar-refractivity contribution in [2.24, 2.45) is 0 Å². The Hall–Kier alpha value is -2.57. The summed E-state index contributed by atoms with van der Waals surface area (Å²) in [6.07, 6.45) is 1.99. The summed E-state index contributed by atoms with van der Waals surface area (Å²) in [4.78, 5) is 14.2. The van der Waals surface area contributed by atoms with E-state index in [0.717, 1.165) is 58.9 Å². The maximum absolute atomic E-state index is 6.60. The van der Waals surface area contributed by atoms with E-state index in [9.17, 15) is 0 Å². The lowest BCUT2D eigenvalue weighted by Crippen LogP contribution is -2.37. The number of halogens is 1. The van der Waals surface area contributed by atoms with Crippen molar-refractivity contribution in [2.75, 3.05) is 37.0 Å². The normalized spacial score (nSPS) is 20.7. The molecule has 0 aliphatic carbocycles. The topological polar surface area (TPSA) is 53.5 Å². The fraction of sp³-hybridized carbons (Fsp3) is 0.417. The summed E-state index contributed by atoms with van der Waals surface area (Å²) in [7, 11) is 3.78. The molecule has 2 aliphatic heterocycles. The number of benzene rings is 2. The van der Waals surface area contributed by atoms with Crippen molar-refractivity contribution < 1.29 is 4.74 Å². The SMILES string of the molecule is COc1nc2c(c(N(C)[C@@H]3CN[C@@H](C)C3)n1)CCN(c1cccc3cccc(Cl)c13)C2. The van der Waals surface area contributed by atoms with Crippen molar-refractivity contribution >= 4 is 33.9 Å². The van der Waals surface area contributed by atoms with Gasteiger partial charge in [0, 0.05) is 48.9 Å². The second-order valence-corrected chi connectivity index (χ2v) is 8.96. The van der Waals surface area contributed by atoms with Gasteiger partial charge in [-0.3, -0.25) is 0 Å². The van der Waals surface area contributed by atoms with Crippen LogP contribution in [0.1, 0.15) is 24.6 Å². The van der Waals surface area contributed by atoms with Crippen LogP contribution in [0.25, 0.3) is 10.8 Å². The zero-order valence-electron chi connectivity index (χ0n) is 18.2. The van der Waals surface area contributed by atoms with Gasteiger partial charge < -0.3 is 19.9 Å². The predicted molar refractivity (Wildman–Crippen MR) is 127 cm³/mol. The van der Waals surface area contributed by atoms with E-state index >= 15 is 0 Å². The lowest BCUT2D eigenvalue weighted by Gasteiger charge is -2.34. The maximum Gasteiger partial charge on any atom is 0.318 e. The van der Waals surface area contributed by atoms with Gasteiger partial charge in [0.25, 0.3) is 0 Å². The zero-order chi connectivity index (χ0) is 21.5. The molecule has 162 valence electrons. The van der Waals surface area contributed by atoms with Gasteiger partial charge >= 0.3 is 6.01 Å². The molecule has 1 saturated heterocycles. The zero-order valence-corrected chi connectivity index (χ0v) is 19.0. The van der Waals surface area contributed by atoms with Crippen LogP contribution in [-0.4, -0.2) is 49.3 Å². The van der Waals surface area contributed by atoms with Crippen molar-refractivity contribution in [3.05, 3.63) is 52.7 Å². The molecule has 2 atom stereocenters. The predicted octanol–water partition coefficient (Wildman–Crippen LogP) is 4.04. The molecular formula is C24H28ClN5O. The van der Waals surface area contributed by atoms with Crippen LogP contribution in [0.2, 0.25) is 5.02 Å². The van der Waals surface area contributed by atoms with Gasteiger partial charge in [0.05, 0.1) is 24.4 Å². The molecule has 0 amide bonds. The number of anilines is 2. The monoisotopic (exact) mass is 437 g/mol. The lowest BCUT2D eigenvalue weighted by atomic mass is 10.0. The molecule has 1 fully saturated rings. The average molecular weight is 438 g/mol. The summed E-state index contributed by atoms with van der Waals surface area (Å²) in [6, 6.07) is 13.8. The van der Waals surface area contributed by atoms with Gasteiger partial charge in [0.15, 0.2) is 0 Å². The summed E-state index contributed by atoms with van der Waals surface area (Å²) in [6.45, 7) is 4.81. The minimum atomic E-state index is 0.425. The molecule has 6 nitrogen and oxygen atoms in total. The standard InChI is InChI=1S/C24H28ClN5O/c1-15-12-17(13-26-15)29(2)23-18-10-11-30(14-20(18)27-24(28-23)31-3)21-9-5-7-16-6-4-8-19(25)22(16)21/h4-9,15,17,26H,10-14H2,1-3H3/t15-,17-/m0/s1. The number of rotatable bonds is 4. The molecule has 0 saturated carbocycles. The van der Waals surface area contributed by atoms with Gasteiger partial charge in [0.1, 0.15) is 5.82 Å². The lowest BCUT2D eigenvalue weighted by molar-refractivity contribution is 0.376. The molecular weight excluding hydrogens is 410 g/mol. The quantitative estimate of drug-likeness (QED) is 0.664. The van der Waals surface area contributed by atoms with Crippen molar-refractivity contribution in [2.45, 2.75) is 38.4 Å². The Morgan fingerprint density at radius 1 is 1.19 bits per heavy atom. The number of fused-ring (bicyclic) bond motifs is 2. The van der Waals surface area contributed by atoms with E-state index in [-0.39, 0.29) is 0 Å². The summed E-state index contributed by atoms with van der Waals surface area (Å²) in [5.74, 6) is 0.998. The number of nitrogens with one attached hydrogen (secondary N) is 1. The number of likely N-dealkylation sites (N-methyl/N-ethyl adjacent to an activating group) is 1. The molecule has 0 spiro atoms. The third-order valence-corrected chi connectivity index (χ3v) is 6.90. The van der Waals surface area contributed by atoms with Crippen LogP contribution in [0, 0.1) is 0 Å². The molecule has 0 bridgehead atoms. The van der Waals surface area contributed by atoms with Gasteiger partial charge in [-0.25, -0.2) is 0 Å². The minimum absolute atomic E-state index is 0.425. The third-order valence-electron chi connectivity index (χ3n) is 6.59. The Kier molecular flexibility index (Phi) is 5.36. The summed E-state index contributed by atoms with van der Waals surface area (Å²) >= 11 is 6.60. The first-order valence-electron chi connectivity index (χ1n) is 10.9. The van der Waals surface area contributed by atoms with E-state index in [1.807, 2.05) is 12.1 Å². The molecule has 0 radical (unpaired) electrons. The van der Waals surface area contributed by atoms with Crippen molar-refractivity contribution in [3.63, 3.8) is 0 Å². The molecule has 2 aromatic carbocycles. The highest BCUT2D eigenvalue weighted by Gasteiger charge is 2.30. The molecule has 31 heavy (non-hydrogen) atoms. The number of nitrogens with zero attached hydrogens (tertiary/aromatic N) is 4. The molecule has 5 rings (SSSR count). The van der Waals surface area contributed by atoms with Crippen molar-refractivity contribution in [1.29, 1.82) is 0 Å². The molecule has 1 N–H and O–H groups in total. The minimum Gasteiger partial charge on any atom is -0.467 e. The van der Waals surface area contributed by atoms with E-state index < -0.39 is 0 Å². The maximum atomic E-state index is 6.60. The summed E-state index contributed by atoms with van der Waals surface area (Å²) in [5.41, 5.74) is 3.41. The van der Waals surface area contributed by atoms with E-state index in [2.05, 4.69) is 53.4 Å². The fourth-order valence-corrected chi connectivity index (χ4v) is 5.18. The summed E-state index contributed by atoms with van der Waals surface area (Å²) < 4.78 is 5.48. The Morgan fingerprint density at radius 2 is 2.00 bits per heavy atom. The van der Waals surface area contributed by atoms with Gasteiger partial charge in [-0.2, -0.15) is 9.97 Å². The molecule has 1 aromatic heterocycles.